The van der Waals surface area contributed by atoms with Crippen LogP contribution in [0, 0.1) is 11.8 Å². The van der Waals surface area contributed by atoms with Crippen LogP contribution < -0.4 is 0 Å². The van der Waals surface area contributed by atoms with Crippen molar-refractivity contribution in [3.63, 3.8) is 0 Å². The number of nitrogens with zero attached hydrogens (tertiary/aromatic N) is 1. The summed E-state index contributed by atoms with van der Waals surface area (Å²) in [5.41, 5.74) is 0. The van der Waals surface area contributed by atoms with Crippen molar-refractivity contribution >= 4 is 10.0 Å². The van der Waals surface area contributed by atoms with Gasteiger partial charge < -0.3 is 4.74 Å². The number of hydrogen-bond acceptors (Lipinski definition) is 3. The summed E-state index contributed by atoms with van der Waals surface area (Å²) in [4.78, 5) is 0. The normalized spacial score (nSPS) is 21.9. The van der Waals surface area contributed by atoms with Gasteiger partial charge in [0.1, 0.15) is 0 Å². The van der Waals surface area contributed by atoms with Crippen LogP contribution in [0.25, 0.3) is 0 Å². The summed E-state index contributed by atoms with van der Waals surface area (Å²) in [6.45, 7) is 11.4. The Labute approximate surface area is 112 Å². The van der Waals surface area contributed by atoms with E-state index in [0.717, 1.165) is 51.0 Å². The van der Waals surface area contributed by atoms with Gasteiger partial charge in [-0.2, -0.15) is 0 Å². The first kappa shape index (κ1) is 15.9. The molecular weight excluding hydrogens is 250 g/mol. The minimum absolute atomic E-state index is 0.263. The van der Waals surface area contributed by atoms with E-state index in [0.29, 0.717) is 0 Å². The molecule has 0 atom stereocenters. The Morgan fingerprint density at radius 3 is 1.78 bits per heavy atom. The lowest BCUT2D eigenvalue weighted by Crippen LogP contribution is -2.33. The molecule has 0 aromatic rings. The van der Waals surface area contributed by atoms with Crippen molar-refractivity contribution in [2.75, 3.05) is 26.3 Å². The summed E-state index contributed by atoms with van der Waals surface area (Å²) in [5.74, 6) is 1.69. The molecule has 0 N–H and O–H groups in total. The largest absolute Gasteiger partial charge is 0.381 e. The Morgan fingerprint density at radius 1 is 1.06 bits per heavy atom. The molecule has 2 aliphatic heterocycles. The van der Waals surface area contributed by atoms with Gasteiger partial charge >= 0.3 is 0 Å². The van der Waals surface area contributed by atoms with Crippen LogP contribution >= 0.6 is 0 Å². The van der Waals surface area contributed by atoms with E-state index in [1.807, 2.05) is 0 Å². The lowest BCUT2D eigenvalue weighted by molar-refractivity contribution is -0.0534. The minimum atomic E-state index is -2.94. The van der Waals surface area contributed by atoms with Crippen molar-refractivity contribution < 1.29 is 13.2 Å². The third-order valence-electron chi connectivity index (χ3n) is 3.63. The van der Waals surface area contributed by atoms with Crippen molar-refractivity contribution in [3.8, 4) is 0 Å². The van der Waals surface area contributed by atoms with Crippen LogP contribution in [0.15, 0.2) is 0 Å². The second kappa shape index (κ2) is 6.87. The molecule has 2 rings (SSSR count). The van der Waals surface area contributed by atoms with Crippen LogP contribution in [0.1, 0.15) is 40.5 Å². The minimum Gasteiger partial charge on any atom is -0.381 e. The number of hydrogen-bond donors (Lipinski definition) is 0. The van der Waals surface area contributed by atoms with Crippen LogP contribution in [0.4, 0.5) is 0 Å². The molecule has 0 radical (unpaired) electrons. The molecule has 2 heterocycles. The van der Waals surface area contributed by atoms with E-state index in [1.54, 1.807) is 18.2 Å². The first-order chi connectivity index (χ1) is 8.35. The standard InChI is InChI=1S/C7H15NO2S.C6H12O/c1-7(2)11(9,10)8-5-3-4-6-8;1-5(2)6-3-7-4-6/h7H,3-6H2,1-2H3;5-6H,3-4H2,1-2H3. The van der Waals surface area contributed by atoms with E-state index in [-0.39, 0.29) is 5.25 Å². The van der Waals surface area contributed by atoms with Crippen LogP contribution in [-0.2, 0) is 14.8 Å². The van der Waals surface area contributed by atoms with Crippen molar-refractivity contribution in [2.24, 2.45) is 11.8 Å². The van der Waals surface area contributed by atoms with E-state index in [9.17, 15) is 8.42 Å². The summed E-state index contributed by atoms with van der Waals surface area (Å²) in [7, 11) is -2.94. The smallest absolute Gasteiger partial charge is 0.216 e. The molecule has 108 valence electrons. The van der Waals surface area contributed by atoms with Gasteiger partial charge in [0.25, 0.3) is 0 Å². The van der Waals surface area contributed by atoms with E-state index in [1.165, 1.54) is 0 Å². The van der Waals surface area contributed by atoms with Crippen molar-refractivity contribution in [1.29, 1.82) is 0 Å². The summed E-state index contributed by atoms with van der Waals surface area (Å²) < 4.78 is 29.5. The van der Waals surface area contributed by atoms with Crippen molar-refractivity contribution in [1.82, 2.24) is 4.31 Å². The molecule has 5 heteroatoms. The zero-order chi connectivity index (χ0) is 13.8. The van der Waals surface area contributed by atoms with E-state index >= 15 is 0 Å². The number of rotatable bonds is 3. The monoisotopic (exact) mass is 277 g/mol. The molecule has 0 aromatic heterocycles. The van der Waals surface area contributed by atoms with Gasteiger partial charge in [-0.25, -0.2) is 12.7 Å². The molecule has 18 heavy (non-hydrogen) atoms. The molecular formula is C13H27NO3S. The lowest BCUT2D eigenvalue weighted by Gasteiger charge is -2.29. The molecule has 0 saturated carbocycles. The summed E-state index contributed by atoms with van der Waals surface area (Å²) in [5, 5.41) is -0.263. The second-order valence-corrected chi connectivity index (χ2v) is 8.23. The van der Waals surface area contributed by atoms with Crippen molar-refractivity contribution in [3.05, 3.63) is 0 Å². The molecule has 2 aliphatic rings. The fourth-order valence-corrected chi connectivity index (χ4v) is 3.24. The predicted octanol–water partition coefficient (Wildman–Crippen LogP) is 2.11. The highest BCUT2D eigenvalue weighted by Gasteiger charge is 2.27. The van der Waals surface area contributed by atoms with Crippen molar-refractivity contribution in [2.45, 2.75) is 45.8 Å². The second-order valence-electron chi connectivity index (χ2n) is 5.74. The fourth-order valence-electron chi connectivity index (χ4n) is 1.88. The van der Waals surface area contributed by atoms with E-state index < -0.39 is 10.0 Å². The lowest BCUT2D eigenvalue weighted by atomic mass is 9.95. The molecule has 0 aliphatic carbocycles. The van der Waals surface area contributed by atoms with E-state index in [4.69, 9.17) is 4.74 Å². The van der Waals surface area contributed by atoms with Gasteiger partial charge in [-0.05, 0) is 32.6 Å². The quantitative estimate of drug-likeness (QED) is 0.794. The van der Waals surface area contributed by atoms with Crippen LogP contribution in [0.2, 0.25) is 0 Å². The maximum atomic E-state index is 11.5. The van der Waals surface area contributed by atoms with Gasteiger partial charge in [0.05, 0.1) is 18.5 Å². The third kappa shape index (κ3) is 4.21. The highest BCUT2D eigenvalue weighted by molar-refractivity contribution is 7.89. The highest BCUT2D eigenvalue weighted by Crippen LogP contribution is 2.18. The summed E-state index contributed by atoms with van der Waals surface area (Å²) in [6, 6.07) is 0. The zero-order valence-electron chi connectivity index (χ0n) is 12.1. The van der Waals surface area contributed by atoms with Gasteiger partial charge in [-0.15, -0.1) is 0 Å². The van der Waals surface area contributed by atoms with Gasteiger partial charge in [0.2, 0.25) is 10.0 Å². The predicted molar refractivity (Wildman–Crippen MR) is 74.0 cm³/mol. The average Bonchev–Trinajstić information content (AvgIpc) is 2.67. The molecule has 2 fully saturated rings. The van der Waals surface area contributed by atoms with Gasteiger partial charge in [0.15, 0.2) is 0 Å². The maximum absolute atomic E-state index is 11.5. The fraction of sp³-hybridized carbons (Fsp3) is 1.00. The molecule has 2 saturated heterocycles. The first-order valence-electron chi connectivity index (χ1n) is 6.92. The average molecular weight is 277 g/mol. The Kier molecular flexibility index (Phi) is 6.08. The molecule has 0 unspecified atom stereocenters. The number of sulfonamides is 1. The van der Waals surface area contributed by atoms with Gasteiger partial charge in [-0.1, -0.05) is 13.8 Å². The van der Waals surface area contributed by atoms with Crippen LogP contribution in [-0.4, -0.2) is 44.3 Å². The highest BCUT2D eigenvalue weighted by atomic mass is 32.2. The van der Waals surface area contributed by atoms with E-state index in [2.05, 4.69) is 13.8 Å². The Hall–Kier alpha value is -0.130. The molecule has 0 aromatic carbocycles. The first-order valence-corrected chi connectivity index (χ1v) is 8.42. The zero-order valence-corrected chi connectivity index (χ0v) is 12.9. The van der Waals surface area contributed by atoms with Crippen LogP contribution in [0.5, 0.6) is 0 Å². The topological polar surface area (TPSA) is 46.6 Å². The molecule has 0 amide bonds. The van der Waals surface area contributed by atoms with Crippen LogP contribution in [0.3, 0.4) is 0 Å². The SMILES string of the molecule is CC(C)C1COC1.CC(C)S(=O)(=O)N1CCCC1. The Bertz CT molecular complexity index is 328. The molecule has 0 spiro atoms. The Balaban J connectivity index is 0.000000199. The summed E-state index contributed by atoms with van der Waals surface area (Å²) >= 11 is 0. The van der Waals surface area contributed by atoms with Gasteiger partial charge in [0, 0.05) is 19.0 Å². The summed E-state index contributed by atoms with van der Waals surface area (Å²) in [6.07, 6.45) is 2.04. The molecule has 0 bridgehead atoms. The Morgan fingerprint density at radius 2 is 1.56 bits per heavy atom. The molecule has 4 nitrogen and oxygen atoms in total. The van der Waals surface area contributed by atoms with Gasteiger partial charge in [-0.3, -0.25) is 0 Å². The third-order valence-corrected chi connectivity index (χ3v) is 5.90. The number of ether oxygens (including phenoxy) is 1. The maximum Gasteiger partial charge on any atom is 0.216 e.